The summed E-state index contributed by atoms with van der Waals surface area (Å²) in [5, 5.41) is 0. The summed E-state index contributed by atoms with van der Waals surface area (Å²) in [6.45, 7) is 8.35. The van der Waals surface area contributed by atoms with Crippen molar-refractivity contribution in [2.24, 2.45) is 40.4 Å². The zero-order valence-corrected chi connectivity index (χ0v) is 18.4. The third-order valence-corrected chi connectivity index (χ3v) is 9.34. The summed E-state index contributed by atoms with van der Waals surface area (Å²) in [6.07, 6.45) is 10.8. The van der Waals surface area contributed by atoms with Crippen molar-refractivity contribution in [3.63, 3.8) is 0 Å². The summed E-state index contributed by atoms with van der Waals surface area (Å²) in [6, 6.07) is 0. The van der Waals surface area contributed by atoms with Crippen molar-refractivity contribution in [1.82, 2.24) is 0 Å². The number of ether oxygens (including phenoxy) is 1. The molecule has 4 heteroatoms. The normalized spacial score (nSPS) is 44.8. The van der Waals surface area contributed by atoms with Crippen LogP contribution >= 0.6 is 0 Å². The molecular formula is C25H36O4. The Morgan fingerprint density at radius 2 is 2.00 bits per heavy atom. The van der Waals surface area contributed by atoms with E-state index in [-0.39, 0.29) is 34.7 Å². The van der Waals surface area contributed by atoms with Crippen molar-refractivity contribution in [2.45, 2.75) is 85.2 Å². The topological polar surface area (TPSA) is 60.4 Å². The van der Waals surface area contributed by atoms with Crippen LogP contribution in [0.1, 0.15) is 79.1 Å². The number of rotatable bonds is 4. The first kappa shape index (κ1) is 20.8. The van der Waals surface area contributed by atoms with E-state index in [1.807, 2.05) is 0 Å². The molecule has 0 N–H and O–H groups in total. The van der Waals surface area contributed by atoms with E-state index in [4.69, 9.17) is 4.74 Å². The molecule has 3 fully saturated rings. The highest BCUT2D eigenvalue weighted by Crippen LogP contribution is 2.66. The number of carbonyl (C=O) groups is 3. The van der Waals surface area contributed by atoms with Gasteiger partial charge >= 0.3 is 5.97 Å². The van der Waals surface area contributed by atoms with Gasteiger partial charge in [0.1, 0.15) is 18.2 Å². The van der Waals surface area contributed by atoms with Gasteiger partial charge in [-0.25, -0.2) is 0 Å². The van der Waals surface area contributed by atoms with Gasteiger partial charge in [0.05, 0.1) is 0 Å². The highest BCUT2D eigenvalue weighted by Gasteiger charge is 2.61. The lowest BCUT2D eigenvalue weighted by molar-refractivity contribution is -0.148. The van der Waals surface area contributed by atoms with Crippen molar-refractivity contribution in [2.75, 3.05) is 0 Å². The number of hydrogen-bond donors (Lipinski definition) is 0. The molecule has 0 spiro atoms. The van der Waals surface area contributed by atoms with Gasteiger partial charge in [0.15, 0.2) is 0 Å². The zero-order valence-electron chi connectivity index (χ0n) is 18.4. The number of ketones is 1. The van der Waals surface area contributed by atoms with Crippen molar-refractivity contribution in [1.29, 1.82) is 0 Å². The Bertz CT molecular complexity index is 739. The molecular weight excluding hydrogens is 364 g/mol. The van der Waals surface area contributed by atoms with Crippen molar-refractivity contribution in [3.8, 4) is 0 Å². The quantitative estimate of drug-likeness (QED) is 0.382. The Balaban J connectivity index is 1.59. The predicted octanol–water partition coefficient (Wildman–Crippen LogP) is 4.90. The van der Waals surface area contributed by atoms with Gasteiger partial charge in [0.2, 0.25) is 0 Å². The van der Waals surface area contributed by atoms with Crippen LogP contribution in [0.4, 0.5) is 0 Å². The smallest absolute Gasteiger partial charge is 0.302 e. The minimum atomic E-state index is -0.179. The maximum absolute atomic E-state index is 13.1. The average molecular weight is 401 g/mol. The number of allylic oxidation sites excluding steroid dienone is 1. The Hall–Kier alpha value is -1.45. The molecule has 160 valence electrons. The highest BCUT2D eigenvalue weighted by atomic mass is 16.5. The van der Waals surface area contributed by atoms with Gasteiger partial charge in [-0.3, -0.25) is 9.59 Å². The maximum Gasteiger partial charge on any atom is 0.302 e. The predicted molar refractivity (Wildman–Crippen MR) is 111 cm³/mol. The maximum atomic E-state index is 13.1. The molecule has 8 atom stereocenters. The minimum Gasteiger partial charge on any atom is -0.462 e. The average Bonchev–Trinajstić information content (AvgIpc) is 2.92. The van der Waals surface area contributed by atoms with E-state index in [1.54, 1.807) is 0 Å². The van der Waals surface area contributed by atoms with E-state index < -0.39 is 0 Å². The number of hydrogen-bond acceptors (Lipinski definition) is 4. The van der Waals surface area contributed by atoms with Gasteiger partial charge in [-0.2, -0.15) is 0 Å². The highest BCUT2D eigenvalue weighted by molar-refractivity contribution is 5.85. The Morgan fingerprint density at radius 1 is 1.24 bits per heavy atom. The summed E-state index contributed by atoms with van der Waals surface area (Å²) in [5.74, 6) is 2.02. The van der Waals surface area contributed by atoms with E-state index in [1.165, 1.54) is 18.9 Å². The third kappa shape index (κ3) is 3.21. The van der Waals surface area contributed by atoms with Crippen LogP contribution in [-0.2, 0) is 19.1 Å². The number of Topliss-reactive ketones (excluding diaryl/α,β-unsaturated/α-hetero) is 1. The van der Waals surface area contributed by atoms with Crippen LogP contribution in [0.2, 0.25) is 0 Å². The molecule has 4 rings (SSSR count). The molecule has 4 aliphatic rings. The summed E-state index contributed by atoms with van der Waals surface area (Å²) >= 11 is 0. The molecule has 0 unspecified atom stereocenters. The standard InChI is InChI=1S/C25H36O4/c1-15(9-12-26)23-22(28)14-21-19-6-5-17-13-18(29-16(2)27)7-10-24(17,3)20(19)8-11-25(21,23)4/h5,12,15,18-21,23H,6-11,13-14H2,1-4H3/t15-,18+,19-,20+,21+,23+,24+,25+/m1/s1. The number of esters is 1. The van der Waals surface area contributed by atoms with Crippen molar-refractivity contribution >= 4 is 18.0 Å². The third-order valence-electron chi connectivity index (χ3n) is 9.34. The number of fused-ring (bicyclic) bond motifs is 5. The summed E-state index contributed by atoms with van der Waals surface area (Å²) in [5.41, 5.74) is 1.70. The van der Waals surface area contributed by atoms with E-state index in [2.05, 4.69) is 26.8 Å². The second-order valence-electron chi connectivity index (χ2n) is 10.8. The summed E-state index contributed by atoms with van der Waals surface area (Å²) in [7, 11) is 0. The fraction of sp³-hybridized carbons (Fsp3) is 0.800. The lowest BCUT2D eigenvalue weighted by atomic mass is 9.47. The SMILES string of the molecule is CC(=O)O[C@H]1CC[C@@]2(C)C(=CC[C@H]3[C@@H]4CC(=O)[C@H]([C@H](C)CC=O)[C@@]4(C)CC[C@@H]32)C1. The number of carbonyl (C=O) groups excluding carboxylic acids is 3. The molecule has 0 heterocycles. The minimum absolute atomic E-state index is 0.0267. The first-order chi connectivity index (χ1) is 13.7. The molecule has 0 aliphatic heterocycles. The zero-order chi connectivity index (χ0) is 21.0. The molecule has 0 radical (unpaired) electrons. The second kappa shape index (κ2) is 7.35. The van der Waals surface area contributed by atoms with Crippen LogP contribution < -0.4 is 0 Å². The first-order valence-electron chi connectivity index (χ1n) is 11.5. The fourth-order valence-corrected chi connectivity index (χ4v) is 8.05. The monoisotopic (exact) mass is 400 g/mol. The van der Waals surface area contributed by atoms with Crippen LogP contribution in [0, 0.1) is 40.4 Å². The molecule has 4 nitrogen and oxygen atoms in total. The molecule has 0 aromatic carbocycles. The van der Waals surface area contributed by atoms with Crippen LogP contribution in [0.3, 0.4) is 0 Å². The van der Waals surface area contributed by atoms with Crippen molar-refractivity contribution < 1.29 is 19.1 Å². The lowest BCUT2D eigenvalue weighted by Gasteiger charge is -2.58. The van der Waals surface area contributed by atoms with Gasteiger partial charge in [0.25, 0.3) is 0 Å². The molecule has 0 saturated heterocycles. The molecule has 3 saturated carbocycles. The Labute approximate surface area is 174 Å². The van der Waals surface area contributed by atoms with Crippen LogP contribution in [-0.4, -0.2) is 24.1 Å². The van der Waals surface area contributed by atoms with Gasteiger partial charge < -0.3 is 9.53 Å². The molecule has 0 aromatic rings. The van der Waals surface area contributed by atoms with Gasteiger partial charge in [-0.05, 0) is 66.6 Å². The Kier molecular flexibility index (Phi) is 5.28. The first-order valence-corrected chi connectivity index (χ1v) is 11.5. The van der Waals surface area contributed by atoms with Gasteiger partial charge in [-0.15, -0.1) is 0 Å². The molecule has 4 aliphatic carbocycles. The lowest BCUT2D eigenvalue weighted by Crippen LogP contribution is -2.51. The van der Waals surface area contributed by atoms with E-state index in [0.717, 1.165) is 38.4 Å². The van der Waals surface area contributed by atoms with E-state index in [0.29, 0.717) is 36.4 Å². The van der Waals surface area contributed by atoms with Crippen molar-refractivity contribution in [3.05, 3.63) is 11.6 Å². The molecule has 0 amide bonds. The fourth-order valence-electron chi connectivity index (χ4n) is 8.05. The van der Waals surface area contributed by atoms with Crippen LogP contribution in [0.15, 0.2) is 11.6 Å². The number of aldehydes is 1. The van der Waals surface area contributed by atoms with E-state index in [9.17, 15) is 14.4 Å². The molecule has 0 aromatic heterocycles. The second-order valence-corrected chi connectivity index (χ2v) is 10.8. The molecule has 29 heavy (non-hydrogen) atoms. The summed E-state index contributed by atoms with van der Waals surface area (Å²) in [4.78, 5) is 35.6. The Morgan fingerprint density at radius 3 is 2.69 bits per heavy atom. The van der Waals surface area contributed by atoms with Gasteiger partial charge in [0, 0.05) is 32.1 Å². The van der Waals surface area contributed by atoms with E-state index >= 15 is 0 Å². The largest absolute Gasteiger partial charge is 0.462 e. The molecule has 0 bridgehead atoms. The summed E-state index contributed by atoms with van der Waals surface area (Å²) < 4.78 is 5.53. The van der Waals surface area contributed by atoms with Crippen LogP contribution in [0.5, 0.6) is 0 Å². The van der Waals surface area contributed by atoms with Gasteiger partial charge in [-0.1, -0.05) is 32.4 Å². The van der Waals surface area contributed by atoms with Crippen LogP contribution in [0.25, 0.3) is 0 Å².